The second-order valence-corrected chi connectivity index (χ2v) is 6.61. The molecule has 0 bridgehead atoms. The highest BCUT2D eigenvalue weighted by Crippen LogP contribution is 2.34. The minimum Gasteiger partial charge on any atom is -0.481 e. The maximum atomic E-state index is 12.2. The Morgan fingerprint density at radius 3 is 2.55 bits per heavy atom. The van der Waals surface area contributed by atoms with Crippen LogP contribution in [0.2, 0.25) is 0 Å². The molecule has 6 heteroatoms. The summed E-state index contributed by atoms with van der Waals surface area (Å²) in [7, 11) is 0. The van der Waals surface area contributed by atoms with E-state index in [1.807, 2.05) is 6.07 Å². The van der Waals surface area contributed by atoms with Crippen LogP contribution in [0.25, 0.3) is 0 Å². The molecule has 0 saturated carbocycles. The minimum absolute atomic E-state index is 0.143. The van der Waals surface area contributed by atoms with E-state index in [0.717, 1.165) is 5.56 Å². The first-order valence-electron chi connectivity index (χ1n) is 7.23. The van der Waals surface area contributed by atoms with Gasteiger partial charge >= 0.3 is 12.1 Å². The number of aliphatic carboxylic acids is 1. The zero-order valence-corrected chi connectivity index (χ0v) is 13.1. The first-order valence-corrected chi connectivity index (χ1v) is 7.23. The summed E-state index contributed by atoms with van der Waals surface area (Å²) in [5.74, 6) is -1.86. The molecule has 0 spiro atoms. The Kier molecular flexibility index (Phi) is 4.30. The fourth-order valence-electron chi connectivity index (χ4n) is 2.66. The molecular formula is C16H22N2O4. The van der Waals surface area contributed by atoms with Gasteiger partial charge in [-0.2, -0.15) is 0 Å². The van der Waals surface area contributed by atoms with E-state index >= 15 is 0 Å². The number of nitrogens with two attached hydrogens (primary N) is 1. The standard InChI is InChI=1S/C16H22N2O4/c1-16(2,3)22-15(21)18-8-12(13(9-18)14(19)20)10-5-4-6-11(17)7-10/h4-7,12-13H,8-9,17H2,1-3H3,(H,19,20)/t12-,13+/m1/s1. The molecule has 0 aliphatic carbocycles. The number of nitrogen functional groups attached to an aromatic ring is 1. The maximum absolute atomic E-state index is 12.2. The number of likely N-dealkylation sites (tertiary alicyclic amines) is 1. The fourth-order valence-corrected chi connectivity index (χ4v) is 2.66. The molecule has 2 atom stereocenters. The zero-order valence-electron chi connectivity index (χ0n) is 13.1. The summed E-state index contributed by atoms with van der Waals surface area (Å²) in [5, 5.41) is 9.44. The van der Waals surface area contributed by atoms with Crippen LogP contribution in [0.15, 0.2) is 24.3 Å². The molecule has 1 aliphatic rings. The second-order valence-electron chi connectivity index (χ2n) is 6.61. The maximum Gasteiger partial charge on any atom is 0.410 e. The van der Waals surface area contributed by atoms with Crippen molar-refractivity contribution in [2.75, 3.05) is 18.8 Å². The first kappa shape index (κ1) is 16.1. The molecule has 22 heavy (non-hydrogen) atoms. The Labute approximate surface area is 129 Å². The Morgan fingerprint density at radius 2 is 2.00 bits per heavy atom. The quantitative estimate of drug-likeness (QED) is 0.818. The van der Waals surface area contributed by atoms with Crippen molar-refractivity contribution in [1.82, 2.24) is 4.90 Å². The highest BCUT2D eigenvalue weighted by molar-refractivity contribution is 5.76. The molecule has 1 amide bonds. The average Bonchev–Trinajstić information content (AvgIpc) is 2.82. The van der Waals surface area contributed by atoms with Crippen LogP contribution >= 0.6 is 0 Å². The van der Waals surface area contributed by atoms with Crippen LogP contribution in [-0.4, -0.2) is 40.8 Å². The number of anilines is 1. The summed E-state index contributed by atoms with van der Waals surface area (Å²) >= 11 is 0. The summed E-state index contributed by atoms with van der Waals surface area (Å²) < 4.78 is 5.33. The molecule has 1 heterocycles. The molecule has 6 nitrogen and oxygen atoms in total. The number of carbonyl (C=O) groups excluding carboxylic acids is 1. The van der Waals surface area contributed by atoms with Crippen LogP contribution < -0.4 is 5.73 Å². The molecular weight excluding hydrogens is 284 g/mol. The third-order valence-electron chi connectivity index (χ3n) is 3.63. The molecule has 0 aromatic heterocycles. The van der Waals surface area contributed by atoms with E-state index < -0.39 is 23.6 Å². The van der Waals surface area contributed by atoms with E-state index in [-0.39, 0.29) is 12.5 Å². The van der Waals surface area contributed by atoms with Gasteiger partial charge in [0.15, 0.2) is 0 Å². The first-order chi connectivity index (χ1) is 10.2. The normalized spacial score (nSPS) is 21.7. The fraction of sp³-hybridized carbons (Fsp3) is 0.500. The summed E-state index contributed by atoms with van der Waals surface area (Å²) in [6, 6.07) is 7.15. The molecule has 3 N–H and O–H groups in total. The minimum atomic E-state index is -0.918. The van der Waals surface area contributed by atoms with Gasteiger partial charge in [0, 0.05) is 24.7 Å². The number of rotatable bonds is 2. The number of amides is 1. The van der Waals surface area contributed by atoms with E-state index in [0.29, 0.717) is 12.2 Å². The van der Waals surface area contributed by atoms with Crippen molar-refractivity contribution in [3.05, 3.63) is 29.8 Å². The Bertz CT molecular complexity index is 580. The smallest absolute Gasteiger partial charge is 0.410 e. The number of ether oxygens (including phenoxy) is 1. The van der Waals surface area contributed by atoms with Crippen LogP contribution in [0.3, 0.4) is 0 Å². The zero-order chi connectivity index (χ0) is 16.5. The molecule has 1 saturated heterocycles. The molecule has 120 valence electrons. The van der Waals surface area contributed by atoms with Gasteiger partial charge in [-0.25, -0.2) is 4.79 Å². The van der Waals surface area contributed by atoms with Crippen molar-refractivity contribution < 1.29 is 19.4 Å². The summed E-state index contributed by atoms with van der Waals surface area (Å²) in [6.45, 7) is 5.81. The second kappa shape index (κ2) is 5.87. The van der Waals surface area contributed by atoms with Crippen LogP contribution in [0.5, 0.6) is 0 Å². The molecule has 0 radical (unpaired) electrons. The lowest BCUT2D eigenvalue weighted by Crippen LogP contribution is -2.35. The predicted octanol–water partition coefficient (Wildman–Crippen LogP) is 2.30. The van der Waals surface area contributed by atoms with Gasteiger partial charge in [0.2, 0.25) is 0 Å². The van der Waals surface area contributed by atoms with E-state index in [9.17, 15) is 14.7 Å². The number of carboxylic acid groups (broad SMARTS) is 1. The van der Waals surface area contributed by atoms with Gasteiger partial charge in [-0.1, -0.05) is 12.1 Å². The van der Waals surface area contributed by atoms with E-state index in [1.165, 1.54) is 4.90 Å². The molecule has 0 unspecified atom stereocenters. The highest BCUT2D eigenvalue weighted by atomic mass is 16.6. The lowest BCUT2D eigenvalue weighted by molar-refractivity contribution is -0.141. The van der Waals surface area contributed by atoms with Crippen molar-refractivity contribution in [2.45, 2.75) is 32.3 Å². The van der Waals surface area contributed by atoms with Crippen molar-refractivity contribution in [3.8, 4) is 0 Å². The largest absolute Gasteiger partial charge is 0.481 e. The number of carbonyl (C=O) groups is 2. The summed E-state index contributed by atoms with van der Waals surface area (Å²) in [6.07, 6.45) is -0.481. The molecule has 1 aromatic rings. The third kappa shape index (κ3) is 3.69. The summed E-state index contributed by atoms with van der Waals surface area (Å²) in [4.78, 5) is 25.1. The summed E-state index contributed by atoms with van der Waals surface area (Å²) in [5.41, 5.74) is 6.58. The monoisotopic (exact) mass is 306 g/mol. The van der Waals surface area contributed by atoms with Crippen LogP contribution in [0.1, 0.15) is 32.3 Å². The van der Waals surface area contributed by atoms with Gasteiger partial charge in [0.05, 0.1) is 5.92 Å². The molecule has 1 aliphatic heterocycles. The third-order valence-corrected chi connectivity index (χ3v) is 3.63. The van der Waals surface area contributed by atoms with Gasteiger partial charge in [-0.3, -0.25) is 4.79 Å². The Morgan fingerprint density at radius 1 is 1.32 bits per heavy atom. The number of benzene rings is 1. The SMILES string of the molecule is CC(C)(C)OC(=O)N1C[C@H](C(=O)O)[C@@H](c2cccc(N)c2)C1. The molecule has 1 fully saturated rings. The number of hydrogen-bond donors (Lipinski definition) is 2. The van der Waals surface area contributed by atoms with Gasteiger partial charge in [-0.15, -0.1) is 0 Å². The lowest BCUT2D eigenvalue weighted by atomic mass is 9.89. The topological polar surface area (TPSA) is 92.9 Å². The van der Waals surface area contributed by atoms with Crippen molar-refractivity contribution in [3.63, 3.8) is 0 Å². The van der Waals surface area contributed by atoms with Crippen molar-refractivity contribution in [1.29, 1.82) is 0 Å². The van der Waals surface area contributed by atoms with Gasteiger partial charge in [-0.05, 0) is 38.5 Å². The van der Waals surface area contributed by atoms with Crippen molar-refractivity contribution in [2.24, 2.45) is 5.92 Å². The predicted molar refractivity (Wildman–Crippen MR) is 82.5 cm³/mol. The number of nitrogens with zero attached hydrogens (tertiary/aromatic N) is 1. The Balaban J connectivity index is 2.20. The van der Waals surface area contributed by atoms with Crippen LogP contribution in [-0.2, 0) is 9.53 Å². The Hall–Kier alpha value is -2.24. The van der Waals surface area contributed by atoms with E-state index in [1.54, 1.807) is 39.0 Å². The van der Waals surface area contributed by atoms with Crippen LogP contribution in [0.4, 0.5) is 10.5 Å². The number of hydrogen-bond acceptors (Lipinski definition) is 4. The lowest BCUT2D eigenvalue weighted by Gasteiger charge is -2.24. The molecule has 2 rings (SSSR count). The highest BCUT2D eigenvalue weighted by Gasteiger charge is 2.41. The van der Waals surface area contributed by atoms with Gasteiger partial charge < -0.3 is 20.5 Å². The molecule has 1 aromatic carbocycles. The van der Waals surface area contributed by atoms with Gasteiger partial charge in [0.25, 0.3) is 0 Å². The van der Waals surface area contributed by atoms with Crippen molar-refractivity contribution >= 4 is 17.7 Å². The van der Waals surface area contributed by atoms with E-state index in [2.05, 4.69) is 0 Å². The van der Waals surface area contributed by atoms with Gasteiger partial charge in [0.1, 0.15) is 5.60 Å². The van der Waals surface area contributed by atoms with E-state index in [4.69, 9.17) is 10.5 Å². The average molecular weight is 306 g/mol. The number of carboxylic acids is 1. The van der Waals surface area contributed by atoms with Crippen LogP contribution in [0, 0.1) is 5.92 Å².